The predicted octanol–water partition coefficient (Wildman–Crippen LogP) is 1.74. The molecule has 0 spiro atoms. The highest BCUT2D eigenvalue weighted by molar-refractivity contribution is 7.90. The topological polar surface area (TPSA) is 83.5 Å². The van der Waals surface area contributed by atoms with Gasteiger partial charge in [0.05, 0.1) is 11.7 Å². The molecule has 1 saturated carbocycles. The van der Waals surface area contributed by atoms with Gasteiger partial charge in [-0.25, -0.2) is 13.1 Å². The molecule has 2 N–H and O–H groups in total. The van der Waals surface area contributed by atoms with Gasteiger partial charge in [-0.1, -0.05) is 19.3 Å². The lowest BCUT2D eigenvalue weighted by atomic mass is 9.72. The van der Waals surface area contributed by atoms with E-state index in [0.29, 0.717) is 0 Å². The fraction of sp³-hybridized carbons (Fsp3) is 0.917. The van der Waals surface area contributed by atoms with E-state index in [1.807, 2.05) is 0 Å². The molecule has 106 valence electrons. The average molecular weight is 277 g/mol. The Morgan fingerprint density at radius 2 is 1.83 bits per heavy atom. The third-order valence-electron chi connectivity index (χ3n) is 3.71. The van der Waals surface area contributed by atoms with Crippen molar-refractivity contribution in [3.8, 4) is 0 Å². The van der Waals surface area contributed by atoms with Crippen molar-refractivity contribution in [2.75, 3.05) is 6.54 Å². The first kappa shape index (κ1) is 15.4. The van der Waals surface area contributed by atoms with Crippen molar-refractivity contribution in [2.24, 2.45) is 5.41 Å². The fourth-order valence-corrected chi connectivity index (χ4v) is 3.30. The molecule has 0 aliphatic heterocycles. The molecule has 1 aliphatic rings. The Balaban J connectivity index is 2.70. The molecule has 0 unspecified atom stereocenters. The molecular weight excluding hydrogens is 254 g/mol. The second kappa shape index (κ2) is 6.02. The van der Waals surface area contributed by atoms with Gasteiger partial charge in [0, 0.05) is 6.54 Å². The highest BCUT2D eigenvalue weighted by Gasteiger charge is 2.35. The zero-order valence-electron chi connectivity index (χ0n) is 11.1. The first-order valence-electron chi connectivity index (χ1n) is 6.48. The maximum Gasteiger partial charge on any atom is 0.303 e. The first-order valence-corrected chi connectivity index (χ1v) is 8.02. The van der Waals surface area contributed by atoms with Gasteiger partial charge < -0.3 is 5.11 Å². The number of carbonyl (C=O) groups is 1. The molecule has 18 heavy (non-hydrogen) atoms. The number of hydrogen-bond donors (Lipinski definition) is 2. The Bertz CT molecular complexity index is 383. The van der Waals surface area contributed by atoms with Gasteiger partial charge in [0.1, 0.15) is 0 Å². The molecular formula is C12H23NO4S. The van der Waals surface area contributed by atoms with E-state index in [1.54, 1.807) is 13.8 Å². The number of sulfonamides is 1. The van der Waals surface area contributed by atoms with Crippen LogP contribution in [0, 0.1) is 5.41 Å². The summed E-state index contributed by atoms with van der Waals surface area (Å²) < 4.78 is 26.1. The Labute approximate surface area is 109 Å². The summed E-state index contributed by atoms with van der Waals surface area (Å²) in [6, 6.07) is 0. The smallest absolute Gasteiger partial charge is 0.303 e. The van der Waals surface area contributed by atoms with Gasteiger partial charge in [0.25, 0.3) is 0 Å². The van der Waals surface area contributed by atoms with Crippen molar-refractivity contribution < 1.29 is 18.3 Å². The Kier molecular flexibility index (Phi) is 5.16. The third kappa shape index (κ3) is 4.24. The second-order valence-electron chi connectivity index (χ2n) is 5.55. The van der Waals surface area contributed by atoms with Crippen LogP contribution in [0.2, 0.25) is 0 Å². The molecule has 0 heterocycles. The van der Waals surface area contributed by atoms with Gasteiger partial charge >= 0.3 is 5.97 Å². The van der Waals surface area contributed by atoms with Gasteiger partial charge in [-0.05, 0) is 32.1 Å². The van der Waals surface area contributed by atoms with Gasteiger partial charge in [0.2, 0.25) is 10.0 Å². The lowest BCUT2D eigenvalue weighted by Crippen LogP contribution is -2.42. The van der Waals surface area contributed by atoms with E-state index >= 15 is 0 Å². The van der Waals surface area contributed by atoms with Crippen molar-refractivity contribution in [3.05, 3.63) is 0 Å². The summed E-state index contributed by atoms with van der Waals surface area (Å²) in [5, 5.41) is 8.51. The summed E-state index contributed by atoms with van der Waals surface area (Å²) in [6.07, 6.45) is 4.71. The normalized spacial score (nSPS) is 19.9. The molecule has 0 amide bonds. The standard InChI is InChI=1S/C12H23NO4S/c1-10(2)18(16,17)13-9-12(8-11(14)15)6-4-3-5-7-12/h10,13H,3-9H2,1-2H3,(H,14,15). The Morgan fingerprint density at radius 3 is 2.28 bits per heavy atom. The van der Waals surface area contributed by atoms with E-state index in [-0.39, 0.29) is 13.0 Å². The second-order valence-corrected chi connectivity index (χ2v) is 7.87. The molecule has 5 nitrogen and oxygen atoms in total. The average Bonchev–Trinajstić information content (AvgIpc) is 2.27. The molecule has 0 atom stereocenters. The molecule has 0 saturated heterocycles. The van der Waals surface area contributed by atoms with E-state index in [0.717, 1.165) is 32.1 Å². The summed E-state index contributed by atoms with van der Waals surface area (Å²) in [6.45, 7) is 3.49. The summed E-state index contributed by atoms with van der Waals surface area (Å²) in [5.41, 5.74) is -0.397. The van der Waals surface area contributed by atoms with E-state index in [1.165, 1.54) is 0 Å². The molecule has 1 rings (SSSR count). The minimum atomic E-state index is -3.31. The van der Waals surface area contributed by atoms with E-state index in [4.69, 9.17) is 5.11 Å². The lowest BCUT2D eigenvalue weighted by Gasteiger charge is -2.36. The van der Waals surface area contributed by atoms with Crippen molar-refractivity contribution >= 4 is 16.0 Å². The van der Waals surface area contributed by atoms with Crippen LogP contribution in [0.15, 0.2) is 0 Å². The summed E-state index contributed by atoms with van der Waals surface area (Å²) in [7, 11) is -3.31. The first-order chi connectivity index (χ1) is 8.27. The van der Waals surface area contributed by atoms with Crippen molar-refractivity contribution in [3.63, 3.8) is 0 Å². The maximum atomic E-state index is 11.7. The quantitative estimate of drug-likeness (QED) is 0.774. The zero-order valence-corrected chi connectivity index (χ0v) is 11.9. The van der Waals surface area contributed by atoms with Crippen molar-refractivity contribution in [1.82, 2.24) is 4.72 Å². The van der Waals surface area contributed by atoms with Crippen molar-refractivity contribution in [1.29, 1.82) is 0 Å². The van der Waals surface area contributed by atoms with Crippen LogP contribution in [0.3, 0.4) is 0 Å². The van der Waals surface area contributed by atoms with Crippen LogP contribution < -0.4 is 4.72 Å². The van der Waals surface area contributed by atoms with Crippen LogP contribution in [-0.4, -0.2) is 31.3 Å². The Hall–Kier alpha value is -0.620. The predicted molar refractivity (Wildman–Crippen MR) is 69.8 cm³/mol. The van der Waals surface area contributed by atoms with Gasteiger partial charge in [-0.15, -0.1) is 0 Å². The van der Waals surface area contributed by atoms with Crippen LogP contribution in [0.4, 0.5) is 0 Å². The zero-order chi connectivity index (χ0) is 13.8. The molecule has 0 aromatic heterocycles. The monoisotopic (exact) mass is 277 g/mol. The lowest BCUT2D eigenvalue weighted by molar-refractivity contribution is -0.140. The van der Waals surface area contributed by atoms with Crippen LogP contribution in [0.5, 0.6) is 0 Å². The number of aliphatic carboxylic acids is 1. The summed E-state index contributed by atoms with van der Waals surface area (Å²) in [4.78, 5) is 11.0. The van der Waals surface area contributed by atoms with Crippen molar-refractivity contribution in [2.45, 2.75) is 57.6 Å². The van der Waals surface area contributed by atoms with Gasteiger partial charge in [-0.3, -0.25) is 4.79 Å². The number of carboxylic acids is 1. The summed E-state index contributed by atoms with van der Waals surface area (Å²) >= 11 is 0. The minimum absolute atomic E-state index is 0.0492. The maximum absolute atomic E-state index is 11.7. The van der Waals surface area contributed by atoms with Crippen LogP contribution in [-0.2, 0) is 14.8 Å². The molecule has 0 bridgehead atoms. The highest BCUT2D eigenvalue weighted by atomic mass is 32.2. The van der Waals surface area contributed by atoms with Crippen LogP contribution >= 0.6 is 0 Å². The molecule has 0 radical (unpaired) electrons. The largest absolute Gasteiger partial charge is 0.481 e. The Morgan fingerprint density at radius 1 is 1.28 bits per heavy atom. The molecule has 1 fully saturated rings. The number of nitrogens with one attached hydrogen (secondary N) is 1. The van der Waals surface area contributed by atoms with Gasteiger partial charge in [-0.2, -0.15) is 0 Å². The van der Waals surface area contributed by atoms with Gasteiger partial charge in [0.15, 0.2) is 0 Å². The highest BCUT2D eigenvalue weighted by Crippen LogP contribution is 2.39. The molecule has 6 heteroatoms. The third-order valence-corrected chi connectivity index (χ3v) is 5.50. The van der Waals surface area contributed by atoms with E-state index in [2.05, 4.69) is 4.72 Å². The summed E-state index contributed by atoms with van der Waals surface area (Å²) in [5.74, 6) is -0.847. The number of hydrogen-bond acceptors (Lipinski definition) is 3. The number of rotatable bonds is 6. The van der Waals surface area contributed by atoms with Crippen LogP contribution in [0.1, 0.15) is 52.4 Å². The van der Waals surface area contributed by atoms with E-state index in [9.17, 15) is 13.2 Å². The molecule has 0 aromatic rings. The molecule has 0 aromatic carbocycles. The molecule has 1 aliphatic carbocycles. The fourth-order valence-electron chi connectivity index (χ4n) is 2.46. The number of carboxylic acid groups (broad SMARTS) is 1. The van der Waals surface area contributed by atoms with Crippen LogP contribution in [0.25, 0.3) is 0 Å². The van der Waals surface area contributed by atoms with E-state index < -0.39 is 26.7 Å². The SMILES string of the molecule is CC(C)S(=O)(=O)NCC1(CC(=O)O)CCCCC1. The minimum Gasteiger partial charge on any atom is -0.481 e.